The van der Waals surface area contributed by atoms with Gasteiger partial charge in [-0.1, -0.05) is 35.9 Å². The Morgan fingerprint density at radius 1 is 1.09 bits per heavy atom. The first kappa shape index (κ1) is 31.4. The van der Waals surface area contributed by atoms with Gasteiger partial charge in [0.15, 0.2) is 0 Å². The highest BCUT2D eigenvalue weighted by molar-refractivity contribution is 7.92. The highest BCUT2D eigenvalue weighted by Crippen LogP contribution is 2.41. The topological polar surface area (TPSA) is 76.2 Å². The second-order valence-corrected chi connectivity index (χ2v) is 14.0. The van der Waals surface area contributed by atoms with Crippen LogP contribution in [0.1, 0.15) is 36.5 Å². The van der Waals surface area contributed by atoms with Gasteiger partial charge in [-0.25, -0.2) is 12.8 Å². The number of anilines is 1. The van der Waals surface area contributed by atoms with Crippen molar-refractivity contribution in [1.82, 2.24) is 4.90 Å². The van der Waals surface area contributed by atoms with Gasteiger partial charge >= 0.3 is 6.18 Å². The minimum absolute atomic E-state index is 0.0495. The first-order chi connectivity index (χ1) is 21.3. The minimum Gasteiger partial charge on any atom is -0.486 e. The molecule has 0 aliphatic carbocycles. The lowest BCUT2D eigenvalue weighted by molar-refractivity contribution is -0.195. The Hall–Kier alpha value is -3.61. The van der Waals surface area contributed by atoms with Crippen LogP contribution >= 0.6 is 11.6 Å². The number of nitrogens with zero attached hydrogens (tertiary/aromatic N) is 2. The van der Waals surface area contributed by atoms with Gasteiger partial charge in [0, 0.05) is 25.1 Å². The van der Waals surface area contributed by atoms with Crippen molar-refractivity contribution in [2.45, 2.75) is 36.9 Å². The molecule has 1 amide bonds. The average molecular weight is 665 g/mol. The van der Waals surface area contributed by atoms with E-state index < -0.39 is 38.6 Å². The van der Waals surface area contributed by atoms with Gasteiger partial charge in [0.1, 0.15) is 17.7 Å². The van der Waals surface area contributed by atoms with E-state index in [1.807, 2.05) is 0 Å². The van der Waals surface area contributed by atoms with E-state index in [1.54, 1.807) is 36.1 Å². The summed E-state index contributed by atoms with van der Waals surface area (Å²) in [5, 5.41) is 0.200. The van der Waals surface area contributed by atoms with Crippen molar-refractivity contribution in [1.29, 1.82) is 0 Å². The van der Waals surface area contributed by atoms with Crippen LogP contribution in [0.4, 0.5) is 23.2 Å². The number of carbonyl (C=O) groups excluding carboxylic acids is 1. The molecule has 0 saturated carbocycles. The van der Waals surface area contributed by atoms with Gasteiger partial charge in [0.05, 0.1) is 46.3 Å². The molecular formula is C32H29ClF4N2O5S. The molecule has 3 aliphatic rings. The summed E-state index contributed by atoms with van der Waals surface area (Å²) >= 11 is 6.23. The van der Waals surface area contributed by atoms with Crippen LogP contribution in [0.25, 0.3) is 11.6 Å². The van der Waals surface area contributed by atoms with E-state index in [0.717, 1.165) is 22.5 Å². The van der Waals surface area contributed by atoms with E-state index in [4.69, 9.17) is 21.1 Å². The Labute approximate surface area is 263 Å². The van der Waals surface area contributed by atoms with Crippen LogP contribution in [0.2, 0.25) is 5.02 Å². The molecule has 2 saturated heterocycles. The molecule has 0 radical (unpaired) electrons. The summed E-state index contributed by atoms with van der Waals surface area (Å²) in [6.07, 6.45) is -3.57. The predicted octanol–water partition coefficient (Wildman–Crippen LogP) is 6.65. The van der Waals surface area contributed by atoms with Crippen LogP contribution in [0.15, 0.2) is 65.6 Å². The Balaban J connectivity index is 1.31. The molecule has 0 aromatic heterocycles. The number of amides is 1. The summed E-state index contributed by atoms with van der Waals surface area (Å²) in [5.41, 5.74) is 0.194. The Kier molecular flexibility index (Phi) is 8.11. The first-order valence-corrected chi connectivity index (χ1v) is 16.1. The van der Waals surface area contributed by atoms with Crippen LogP contribution in [0.3, 0.4) is 0 Å². The third kappa shape index (κ3) is 6.15. The van der Waals surface area contributed by atoms with Gasteiger partial charge in [0.25, 0.3) is 10.0 Å². The smallest absolute Gasteiger partial charge is 0.416 e. The van der Waals surface area contributed by atoms with E-state index in [-0.39, 0.29) is 52.7 Å². The summed E-state index contributed by atoms with van der Waals surface area (Å²) in [7, 11) is -4.52. The third-order valence-electron chi connectivity index (χ3n) is 8.31. The molecule has 45 heavy (non-hydrogen) atoms. The second-order valence-electron chi connectivity index (χ2n) is 11.7. The zero-order chi connectivity index (χ0) is 32.1. The summed E-state index contributed by atoms with van der Waals surface area (Å²) in [4.78, 5) is 14.0. The number of hydrogen-bond acceptors (Lipinski definition) is 5. The van der Waals surface area contributed by atoms with Gasteiger partial charge in [-0.2, -0.15) is 13.2 Å². The number of hydrogen-bond donors (Lipinski definition) is 0. The molecule has 3 aromatic carbocycles. The van der Waals surface area contributed by atoms with Gasteiger partial charge in [-0.15, -0.1) is 0 Å². The quantitative estimate of drug-likeness (QED) is 0.209. The molecule has 0 bridgehead atoms. The van der Waals surface area contributed by atoms with Crippen LogP contribution < -0.4 is 9.04 Å². The maximum Gasteiger partial charge on any atom is 0.416 e. The molecule has 0 N–H and O–H groups in total. The predicted molar refractivity (Wildman–Crippen MR) is 161 cm³/mol. The van der Waals surface area contributed by atoms with Crippen molar-refractivity contribution in [3.8, 4) is 5.75 Å². The first-order valence-electron chi connectivity index (χ1n) is 14.2. The highest BCUT2D eigenvalue weighted by Gasteiger charge is 2.50. The van der Waals surface area contributed by atoms with Crippen LogP contribution in [0.5, 0.6) is 5.75 Å². The Morgan fingerprint density at radius 2 is 1.82 bits per heavy atom. The van der Waals surface area contributed by atoms with Crippen molar-refractivity contribution >= 4 is 44.9 Å². The molecule has 1 spiro atoms. The summed E-state index contributed by atoms with van der Waals surface area (Å²) < 4.78 is 95.4. The number of benzene rings is 3. The fourth-order valence-electron chi connectivity index (χ4n) is 5.91. The summed E-state index contributed by atoms with van der Waals surface area (Å²) in [6.45, 7) is 3.91. The SMILES string of the molecule is C/C(=C\c1ccc2c(c1)N(S(=O)(=O)c1cccc(C(F)(F)F)c1)C[C@H](CCC(=O)N1CC3(COC3)C1)O2)c1c(F)cccc1Cl. The van der Waals surface area contributed by atoms with Crippen molar-refractivity contribution < 1.29 is 40.2 Å². The molecule has 13 heteroatoms. The van der Waals surface area contributed by atoms with Gasteiger partial charge in [0.2, 0.25) is 5.91 Å². The number of carbonyl (C=O) groups is 1. The largest absolute Gasteiger partial charge is 0.486 e. The zero-order valence-corrected chi connectivity index (χ0v) is 25.7. The normalized spacial score (nSPS) is 19.4. The third-order valence-corrected chi connectivity index (χ3v) is 10.4. The molecule has 3 heterocycles. The molecule has 0 unspecified atom stereocenters. The maximum atomic E-state index is 14.6. The van der Waals surface area contributed by atoms with Crippen LogP contribution in [-0.4, -0.2) is 58.2 Å². The number of rotatable bonds is 7. The molecule has 6 rings (SSSR count). The minimum atomic E-state index is -4.75. The van der Waals surface area contributed by atoms with Crippen molar-refractivity contribution in [3.63, 3.8) is 0 Å². The van der Waals surface area contributed by atoms with Crippen molar-refractivity contribution in [2.75, 3.05) is 37.2 Å². The number of likely N-dealkylation sites (tertiary alicyclic amines) is 1. The van der Waals surface area contributed by atoms with Crippen molar-refractivity contribution in [3.05, 3.63) is 88.2 Å². The summed E-state index contributed by atoms with van der Waals surface area (Å²) in [5.74, 6) is -0.433. The second kappa shape index (κ2) is 11.6. The van der Waals surface area contributed by atoms with E-state index >= 15 is 0 Å². The lowest BCUT2D eigenvalue weighted by Gasteiger charge is -2.55. The standard InChI is InChI=1S/C32H29ClF4N2O5S/c1-20(30-25(33)6-3-7-26(30)34)12-21-8-10-28-27(13-21)39(45(41,42)24-5-2-4-22(14-24)32(35,36)37)15-23(44-28)9-11-29(40)38-16-31(17-38)18-43-19-31/h2-8,10,12-14,23H,9,11,15-19H2,1H3/b20-12+/t23-/m0/s1. The fraction of sp³-hybridized carbons (Fsp3) is 0.344. The number of sulfonamides is 1. The monoisotopic (exact) mass is 664 g/mol. The fourth-order valence-corrected chi connectivity index (χ4v) is 7.77. The van der Waals surface area contributed by atoms with Gasteiger partial charge < -0.3 is 14.4 Å². The average Bonchev–Trinajstić information content (AvgIpc) is 2.93. The molecule has 3 aliphatic heterocycles. The summed E-state index contributed by atoms with van der Waals surface area (Å²) in [6, 6.07) is 12.6. The van der Waals surface area contributed by atoms with E-state index in [1.165, 1.54) is 18.2 Å². The van der Waals surface area contributed by atoms with Gasteiger partial charge in [-0.05, 0) is 66.9 Å². The zero-order valence-electron chi connectivity index (χ0n) is 24.1. The van der Waals surface area contributed by atoms with E-state index in [9.17, 15) is 30.8 Å². The number of allylic oxidation sites excluding steroid dienone is 1. The highest BCUT2D eigenvalue weighted by atomic mass is 35.5. The molecule has 3 aromatic rings. The van der Waals surface area contributed by atoms with Crippen LogP contribution in [0, 0.1) is 11.2 Å². The van der Waals surface area contributed by atoms with Gasteiger partial charge in [-0.3, -0.25) is 9.10 Å². The van der Waals surface area contributed by atoms with Crippen molar-refractivity contribution in [2.24, 2.45) is 5.41 Å². The molecule has 2 fully saturated rings. The van der Waals surface area contributed by atoms with E-state index in [0.29, 0.717) is 43.5 Å². The van der Waals surface area contributed by atoms with E-state index in [2.05, 4.69) is 0 Å². The Bertz CT molecular complexity index is 1760. The van der Waals surface area contributed by atoms with Crippen LogP contribution in [-0.2, 0) is 25.7 Å². The molecule has 7 nitrogen and oxygen atoms in total. The number of ether oxygens (including phenoxy) is 2. The number of halogens is 5. The lowest BCUT2D eigenvalue weighted by Crippen LogP contribution is -2.67. The molecule has 238 valence electrons. The maximum absolute atomic E-state index is 14.6. The lowest BCUT2D eigenvalue weighted by atomic mass is 9.78. The number of fused-ring (bicyclic) bond motifs is 1. The molecule has 1 atom stereocenters. The Morgan fingerprint density at radius 3 is 2.49 bits per heavy atom. The number of alkyl halides is 3. The molecular weight excluding hydrogens is 636 g/mol.